The molecule has 4 nitrogen and oxygen atoms in total. The summed E-state index contributed by atoms with van der Waals surface area (Å²) in [7, 11) is 0. The van der Waals surface area contributed by atoms with Crippen molar-refractivity contribution in [1.29, 1.82) is 0 Å². The molecule has 0 saturated heterocycles. The van der Waals surface area contributed by atoms with Crippen LogP contribution >= 0.6 is 92.8 Å². The van der Waals surface area contributed by atoms with Crippen LogP contribution in [0.25, 0.3) is 0 Å². The Balaban J connectivity index is 0.000000211. The van der Waals surface area contributed by atoms with Crippen LogP contribution < -0.4 is 10.6 Å². The highest BCUT2D eigenvalue weighted by Gasteiger charge is 2.06. The van der Waals surface area contributed by atoms with Gasteiger partial charge in [-0.05, 0) is 48.5 Å². The lowest BCUT2D eigenvalue weighted by atomic mass is 10.3. The van der Waals surface area contributed by atoms with Gasteiger partial charge in [-0.1, -0.05) is 117 Å². The molecule has 0 spiro atoms. The van der Waals surface area contributed by atoms with Gasteiger partial charge in [-0.3, -0.25) is 0 Å². The zero-order chi connectivity index (χ0) is 27.7. The Morgan fingerprint density at radius 1 is 0.395 bits per heavy atom. The van der Waals surface area contributed by atoms with Crippen LogP contribution in [0.5, 0.6) is 0 Å². The van der Waals surface area contributed by atoms with Gasteiger partial charge in [0.1, 0.15) is 11.4 Å². The zero-order valence-corrected chi connectivity index (χ0v) is 25.0. The van der Waals surface area contributed by atoms with Crippen molar-refractivity contribution in [3.8, 4) is 0 Å². The van der Waals surface area contributed by atoms with Crippen LogP contribution in [0.3, 0.4) is 0 Å². The summed E-state index contributed by atoms with van der Waals surface area (Å²) in [6, 6.07) is 20.8. The van der Waals surface area contributed by atoms with Gasteiger partial charge in [0.15, 0.2) is 0 Å². The fourth-order valence-corrected chi connectivity index (χ4v) is 4.82. The lowest BCUT2D eigenvalue weighted by Crippen LogP contribution is -1.96. The smallest absolute Gasteiger partial charge is 0.102 e. The quantitative estimate of drug-likeness (QED) is 0.159. The molecule has 4 aromatic rings. The first-order valence-electron chi connectivity index (χ1n) is 10.5. The van der Waals surface area contributed by atoms with E-state index in [1.807, 2.05) is 0 Å². The van der Waals surface area contributed by atoms with E-state index in [0.717, 1.165) is 0 Å². The standard InChI is InChI=1S/2C13H8Cl4N2/c2*14-8-3-1-4-9(15)12(8)18-7-19-13-10(16)5-2-6-11(13)17/h2*1-7H,(H,18,19). The maximum Gasteiger partial charge on any atom is 0.102 e. The maximum absolute atomic E-state index is 6.01. The Bertz CT molecular complexity index is 1280. The molecule has 38 heavy (non-hydrogen) atoms. The van der Waals surface area contributed by atoms with Crippen LogP contribution in [0, 0.1) is 0 Å². The Morgan fingerprint density at radius 3 is 0.895 bits per heavy atom. The van der Waals surface area contributed by atoms with Crippen molar-refractivity contribution in [2.24, 2.45) is 9.98 Å². The molecule has 0 amide bonds. The average molecular weight is 668 g/mol. The lowest BCUT2D eigenvalue weighted by Gasteiger charge is -2.06. The number of anilines is 2. The summed E-state index contributed by atoms with van der Waals surface area (Å²) >= 11 is 48.0. The molecular weight excluding hydrogens is 652 g/mol. The number of nitrogens with zero attached hydrogens (tertiary/aromatic N) is 2. The van der Waals surface area contributed by atoms with Crippen LogP contribution in [-0.4, -0.2) is 12.7 Å². The van der Waals surface area contributed by atoms with E-state index in [-0.39, 0.29) is 0 Å². The van der Waals surface area contributed by atoms with Crippen LogP contribution in [0.4, 0.5) is 22.7 Å². The molecule has 4 rings (SSSR count). The van der Waals surface area contributed by atoms with Gasteiger partial charge in [-0.15, -0.1) is 0 Å². The molecule has 0 bridgehead atoms. The molecule has 0 radical (unpaired) electrons. The van der Waals surface area contributed by atoms with Gasteiger partial charge in [0.2, 0.25) is 0 Å². The number of benzene rings is 4. The molecule has 12 heteroatoms. The SMILES string of the molecule is Clc1cccc(Cl)c1N=CNc1c(Cl)cccc1Cl.Clc1cccc(Cl)c1N=CNc1c(Cl)cccc1Cl. The maximum atomic E-state index is 6.01. The molecule has 2 N–H and O–H groups in total. The minimum absolute atomic E-state index is 0.468. The molecule has 0 saturated carbocycles. The third-order valence-electron chi connectivity index (χ3n) is 4.61. The Hall–Kier alpha value is -1.86. The summed E-state index contributed by atoms with van der Waals surface area (Å²) in [5.41, 5.74) is 2.14. The van der Waals surface area contributed by atoms with Crippen molar-refractivity contribution in [1.82, 2.24) is 0 Å². The first kappa shape index (κ1) is 30.7. The third-order valence-corrected chi connectivity index (χ3v) is 7.09. The van der Waals surface area contributed by atoms with E-state index in [1.54, 1.807) is 72.8 Å². The monoisotopic (exact) mass is 664 g/mol. The molecule has 0 fully saturated rings. The summed E-state index contributed by atoms with van der Waals surface area (Å²) < 4.78 is 0. The molecule has 0 aliphatic heterocycles. The lowest BCUT2D eigenvalue weighted by molar-refractivity contribution is 1.52. The second-order valence-electron chi connectivity index (χ2n) is 7.14. The number of hydrogen-bond donors (Lipinski definition) is 2. The Labute approximate surface area is 260 Å². The predicted octanol–water partition coefficient (Wildman–Crippen LogP) is 12.1. The summed E-state index contributed by atoms with van der Waals surface area (Å²) in [5, 5.41) is 9.71. The van der Waals surface area contributed by atoms with E-state index in [1.165, 1.54) is 12.7 Å². The minimum atomic E-state index is 0.468. The minimum Gasteiger partial charge on any atom is -0.344 e. The van der Waals surface area contributed by atoms with Crippen molar-refractivity contribution in [3.63, 3.8) is 0 Å². The Kier molecular flexibility index (Phi) is 12.2. The van der Waals surface area contributed by atoms with Crippen molar-refractivity contribution >= 4 is 128 Å². The van der Waals surface area contributed by atoms with Gasteiger partial charge >= 0.3 is 0 Å². The number of halogens is 8. The van der Waals surface area contributed by atoms with Crippen molar-refractivity contribution in [3.05, 3.63) is 113 Å². The summed E-state index contributed by atoms with van der Waals surface area (Å²) in [6.45, 7) is 0. The first-order chi connectivity index (χ1) is 18.2. The van der Waals surface area contributed by atoms with Crippen LogP contribution in [-0.2, 0) is 0 Å². The topological polar surface area (TPSA) is 48.8 Å². The van der Waals surface area contributed by atoms with E-state index < -0.39 is 0 Å². The molecule has 0 aliphatic carbocycles. The number of hydrogen-bond acceptors (Lipinski definition) is 2. The summed E-state index contributed by atoms with van der Waals surface area (Å²) in [6.07, 6.45) is 2.89. The van der Waals surface area contributed by atoms with Gasteiger partial charge in [-0.2, -0.15) is 0 Å². The third kappa shape index (κ3) is 8.57. The van der Waals surface area contributed by atoms with Crippen LogP contribution in [0.1, 0.15) is 0 Å². The highest BCUT2D eigenvalue weighted by Crippen LogP contribution is 2.34. The van der Waals surface area contributed by atoms with Gasteiger partial charge in [0, 0.05) is 0 Å². The molecule has 196 valence electrons. The number of aliphatic imine (C=N–C) groups is 2. The largest absolute Gasteiger partial charge is 0.344 e. The first-order valence-corrected chi connectivity index (χ1v) is 13.6. The Morgan fingerprint density at radius 2 is 0.632 bits per heavy atom. The predicted molar refractivity (Wildman–Crippen MR) is 169 cm³/mol. The van der Waals surface area contributed by atoms with Crippen LogP contribution in [0.2, 0.25) is 40.2 Å². The highest BCUT2D eigenvalue weighted by molar-refractivity contribution is 6.41. The van der Waals surface area contributed by atoms with Gasteiger partial charge < -0.3 is 10.6 Å². The summed E-state index contributed by atoms with van der Waals surface area (Å²) in [4.78, 5) is 8.33. The average Bonchev–Trinajstić information content (AvgIpc) is 2.86. The fraction of sp³-hybridized carbons (Fsp3) is 0. The summed E-state index contributed by atoms with van der Waals surface area (Å²) in [5.74, 6) is 0. The van der Waals surface area contributed by atoms with E-state index in [0.29, 0.717) is 62.9 Å². The molecule has 4 aromatic carbocycles. The zero-order valence-electron chi connectivity index (χ0n) is 19.0. The highest BCUT2D eigenvalue weighted by atomic mass is 35.5. The van der Waals surface area contributed by atoms with E-state index in [2.05, 4.69) is 20.6 Å². The molecule has 0 aromatic heterocycles. The van der Waals surface area contributed by atoms with Gasteiger partial charge in [0.05, 0.1) is 64.2 Å². The second-order valence-corrected chi connectivity index (χ2v) is 10.4. The van der Waals surface area contributed by atoms with E-state index in [4.69, 9.17) is 92.8 Å². The van der Waals surface area contributed by atoms with Gasteiger partial charge in [-0.25, -0.2) is 9.98 Å². The molecular formula is C26H16Cl8N4. The van der Waals surface area contributed by atoms with Crippen molar-refractivity contribution in [2.75, 3.05) is 10.6 Å². The molecule has 0 atom stereocenters. The molecule has 0 unspecified atom stereocenters. The van der Waals surface area contributed by atoms with Crippen LogP contribution in [0.15, 0.2) is 82.8 Å². The number of para-hydroxylation sites is 4. The normalized spacial score (nSPS) is 10.9. The van der Waals surface area contributed by atoms with E-state index in [9.17, 15) is 0 Å². The van der Waals surface area contributed by atoms with Crippen molar-refractivity contribution < 1.29 is 0 Å². The molecule has 0 heterocycles. The number of rotatable bonds is 6. The van der Waals surface area contributed by atoms with Crippen molar-refractivity contribution in [2.45, 2.75) is 0 Å². The van der Waals surface area contributed by atoms with E-state index >= 15 is 0 Å². The molecule has 0 aliphatic rings. The number of nitrogens with one attached hydrogen (secondary N) is 2. The second kappa shape index (κ2) is 15.1. The fourth-order valence-electron chi connectivity index (χ4n) is 2.82. The van der Waals surface area contributed by atoms with Gasteiger partial charge in [0.25, 0.3) is 0 Å².